The zero-order valence-corrected chi connectivity index (χ0v) is 9.41. The van der Waals surface area contributed by atoms with Gasteiger partial charge in [0.1, 0.15) is 12.4 Å². The van der Waals surface area contributed by atoms with Crippen LogP contribution in [0, 0.1) is 0 Å². The molecule has 0 aliphatic heterocycles. The Hall–Kier alpha value is -2.63. The average molecular weight is 245 g/mol. The summed E-state index contributed by atoms with van der Waals surface area (Å²) in [5, 5.41) is 8.92. The second-order valence-corrected chi connectivity index (χ2v) is 3.51. The monoisotopic (exact) mass is 245 g/mol. The number of carboxylic acid groups (broad SMARTS) is 1. The third kappa shape index (κ3) is 2.73. The van der Waals surface area contributed by atoms with Crippen molar-refractivity contribution in [2.24, 2.45) is 0 Å². The first-order valence-electron chi connectivity index (χ1n) is 5.18. The molecule has 0 radical (unpaired) electrons. The van der Waals surface area contributed by atoms with E-state index in [0.29, 0.717) is 11.6 Å². The number of carbonyl (C=O) groups is 1. The molecule has 0 aliphatic carbocycles. The highest BCUT2D eigenvalue weighted by Crippen LogP contribution is 2.20. The molecule has 1 heterocycles. The van der Waals surface area contributed by atoms with E-state index in [2.05, 4.69) is 9.97 Å². The molecule has 2 aromatic rings. The molecule has 18 heavy (non-hydrogen) atoms. The fraction of sp³-hybridized carbons (Fsp3) is 0.0833. The van der Waals surface area contributed by atoms with Crippen LogP contribution in [0.3, 0.4) is 0 Å². The highest BCUT2D eigenvalue weighted by atomic mass is 16.5. The number of rotatable bonds is 4. The number of hydrogen-bond donors (Lipinski definition) is 2. The summed E-state index contributed by atoms with van der Waals surface area (Å²) < 4.78 is 5.39. The van der Waals surface area contributed by atoms with Crippen LogP contribution >= 0.6 is 0 Å². The summed E-state index contributed by atoms with van der Waals surface area (Å²) in [6.45, 7) is 0.170. The lowest BCUT2D eigenvalue weighted by molar-refractivity contribution is 0.0697. The molecule has 3 N–H and O–H groups in total. The number of aromatic carboxylic acids is 1. The van der Waals surface area contributed by atoms with Crippen molar-refractivity contribution in [3.05, 3.63) is 48.0 Å². The smallest absolute Gasteiger partial charge is 0.337 e. The molecule has 1 aromatic heterocycles. The van der Waals surface area contributed by atoms with Gasteiger partial charge in [0, 0.05) is 18.1 Å². The third-order valence-corrected chi connectivity index (χ3v) is 2.24. The Bertz CT molecular complexity index is 558. The minimum Gasteiger partial charge on any atom is -0.486 e. The standard InChI is InChI=1S/C12H11N3O3/c13-10-3-2-8(6-9(10)12(16)17)18-7-11-14-4-1-5-15-11/h1-6H,7,13H2,(H,16,17). The normalized spacial score (nSPS) is 10.0. The molecule has 0 saturated heterocycles. The fourth-order valence-corrected chi connectivity index (χ4v) is 1.36. The van der Waals surface area contributed by atoms with Crippen LogP contribution in [0.2, 0.25) is 0 Å². The first-order valence-corrected chi connectivity index (χ1v) is 5.18. The van der Waals surface area contributed by atoms with Gasteiger partial charge in [-0.2, -0.15) is 0 Å². The maximum absolute atomic E-state index is 10.9. The van der Waals surface area contributed by atoms with Crippen LogP contribution in [0.1, 0.15) is 16.2 Å². The van der Waals surface area contributed by atoms with Crippen LogP contribution in [0.15, 0.2) is 36.7 Å². The molecular formula is C12H11N3O3. The van der Waals surface area contributed by atoms with Crippen molar-refractivity contribution in [3.8, 4) is 5.75 Å². The molecule has 92 valence electrons. The summed E-state index contributed by atoms with van der Waals surface area (Å²) >= 11 is 0. The number of ether oxygens (including phenoxy) is 1. The van der Waals surface area contributed by atoms with E-state index in [-0.39, 0.29) is 17.9 Å². The number of hydrogen-bond acceptors (Lipinski definition) is 5. The van der Waals surface area contributed by atoms with Crippen molar-refractivity contribution in [1.82, 2.24) is 9.97 Å². The highest BCUT2D eigenvalue weighted by Gasteiger charge is 2.09. The molecule has 0 bridgehead atoms. The molecule has 2 rings (SSSR count). The Kier molecular flexibility index (Phi) is 3.38. The van der Waals surface area contributed by atoms with Gasteiger partial charge < -0.3 is 15.6 Å². The summed E-state index contributed by atoms with van der Waals surface area (Å²) in [5.41, 5.74) is 5.75. The molecule has 0 fully saturated rings. The van der Waals surface area contributed by atoms with E-state index in [1.165, 1.54) is 12.1 Å². The lowest BCUT2D eigenvalue weighted by Crippen LogP contribution is -2.04. The van der Waals surface area contributed by atoms with Crippen LogP contribution in [0.4, 0.5) is 5.69 Å². The van der Waals surface area contributed by atoms with E-state index in [0.717, 1.165) is 0 Å². The number of nitrogens with two attached hydrogens (primary N) is 1. The summed E-state index contributed by atoms with van der Waals surface area (Å²) in [6.07, 6.45) is 3.22. The molecule has 0 spiro atoms. The van der Waals surface area contributed by atoms with E-state index in [4.69, 9.17) is 15.6 Å². The molecule has 6 heteroatoms. The summed E-state index contributed by atoms with van der Waals surface area (Å²) in [6, 6.07) is 6.17. The number of anilines is 1. The van der Waals surface area contributed by atoms with E-state index in [9.17, 15) is 4.79 Å². The Morgan fingerprint density at radius 1 is 1.33 bits per heavy atom. The van der Waals surface area contributed by atoms with Crippen molar-refractivity contribution in [3.63, 3.8) is 0 Å². The SMILES string of the molecule is Nc1ccc(OCc2ncccn2)cc1C(=O)O. The van der Waals surface area contributed by atoms with Gasteiger partial charge in [-0.3, -0.25) is 0 Å². The molecule has 0 amide bonds. The van der Waals surface area contributed by atoms with Gasteiger partial charge in [-0.1, -0.05) is 0 Å². The Morgan fingerprint density at radius 2 is 2.06 bits per heavy atom. The number of nitrogen functional groups attached to an aromatic ring is 1. The zero-order valence-electron chi connectivity index (χ0n) is 9.41. The Balaban J connectivity index is 2.11. The van der Waals surface area contributed by atoms with Crippen molar-refractivity contribution >= 4 is 11.7 Å². The Morgan fingerprint density at radius 3 is 2.72 bits per heavy atom. The predicted molar refractivity (Wildman–Crippen MR) is 64.2 cm³/mol. The van der Waals surface area contributed by atoms with Crippen LogP contribution in [-0.4, -0.2) is 21.0 Å². The molecule has 0 atom stereocenters. The van der Waals surface area contributed by atoms with Crippen LogP contribution in [0.25, 0.3) is 0 Å². The van der Waals surface area contributed by atoms with Crippen molar-refractivity contribution in [2.75, 3.05) is 5.73 Å². The maximum atomic E-state index is 10.9. The van der Waals surface area contributed by atoms with Crippen LogP contribution in [-0.2, 0) is 6.61 Å². The molecule has 6 nitrogen and oxygen atoms in total. The second kappa shape index (κ2) is 5.13. The minimum atomic E-state index is -1.09. The first-order chi connectivity index (χ1) is 8.66. The number of carboxylic acids is 1. The van der Waals surface area contributed by atoms with Gasteiger partial charge in [-0.15, -0.1) is 0 Å². The summed E-state index contributed by atoms with van der Waals surface area (Å²) in [5.74, 6) is -0.158. The predicted octanol–water partition coefficient (Wildman–Crippen LogP) is 1.34. The lowest BCUT2D eigenvalue weighted by Gasteiger charge is -2.07. The molecule has 0 unspecified atom stereocenters. The van der Waals surface area contributed by atoms with Gasteiger partial charge in [-0.05, 0) is 24.3 Å². The van der Waals surface area contributed by atoms with E-state index in [1.807, 2.05) is 0 Å². The number of aromatic nitrogens is 2. The van der Waals surface area contributed by atoms with Crippen LogP contribution in [0.5, 0.6) is 5.75 Å². The van der Waals surface area contributed by atoms with Gasteiger partial charge in [0.15, 0.2) is 5.82 Å². The van der Waals surface area contributed by atoms with Gasteiger partial charge in [0.2, 0.25) is 0 Å². The van der Waals surface area contributed by atoms with Gasteiger partial charge >= 0.3 is 5.97 Å². The van der Waals surface area contributed by atoms with Gasteiger partial charge in [-0.25, -0.2) is 14.8 Å². The molecule has 0 aliphatic rings. The quantitative estimate of drug-likeness (QED) is 0.788. The third-order valence-electron chi connectivity index (χ3n) is 2.24. The number of benzene rings is 1. The Labute approximate surface area is 103 Å². The molecular weight excluding hydrogens is 234 g/mol. The first kappa shape index (κ1) is 11.8. The average Bonchev–Trinajstić information content (AvgIpc) is 2.38. The maximum Gasteiger partial charge on any atom is 0.337 e. The van der Waals surface area contributed by atoms with Crippen molar-refractivity contribution in [2.45, 2.75) is 6.61 Å². The fourth-order valence-electron chi connectivity index (χ4n) is 1.36. The van der Waals surface area contributed by atoms with Crippen LogP contribution < -0.4 is 10.5 Å². The second-order valence-electron chi connectivity index (χ2n) is 3.51. The highest BCUT2D eigenvalue weighted by molar-refractivity contribution is 5.94. The molecule has 1 aromatic carbocycles. The largest absolute Gasteiger partial charge is 0.486 e. The topological polar surface area (TPSA) is 98.3 Å². The van der Waals surface area contributed by atoms with Gasteiger partial charge in [0.25, 0.3) is 0 Å². The summed E-state index contributed by atoms with van der Waals surface area (Å²) in [7, 11) is 0. The summed E-state index contributed by atoms with van der Waals surface area (Å²) in [4.78, 5) is 18.9. The lowest BCUT2D eigenvalue weighted by atomic mass is 10.2. The van der Waals surface area contributed by atoms with E-state index >= 15 is 0 Å². The van der Waals surface area contributed by atoms with Crippen molar-refractivity contribution < 1.29 is 14.6 Å². The van der Waals surface area contributed by atoms with Crippen molar-refractivity contribution in [1.29, 1.82) is 0 Å². The van der Waals surface area contributed by atoms with E-state index < -0.39 is 5.97 Å². The zero-order chi connectivity index (χ0) is 13.0. The number of nitrogens with zero attached hydrogens (tertiary/aromatic N) is 2. The minimum absolute atomic E-state index is 0.0153. The molecule has 0 saturated carbocycles. The van der Waals surface area contributed by atoms with Gasteiger partial charge in [0.05, 0.1) is 5.56 Å². The van der Waals surface area contributed by atoms with E-state index in [1.54, 1.807) is 24.5 Å².